The van der Waals surface area contributed by atoms with E-state index >= 15 is 0 Å². The number of hydrogen-bond acceptors (Lipinski definition) is 6. The Morgan fingerprint density at radius 2 is 2.22 bits per heavy atom. The predicted octanol–water partition coefficient (Wildman–Crippen LogP) is 1.76. The summed E-state index contributed by atoms with van der Waals surface area (Å²) in [6, 6.07) is 2.16. The second-order valence-corrected chi connectivity index (χ2v) is 5.65. The molecule has 1 aliphatic heterocycles. The number of nitrogens with one attached hydrogen (secondary N) is 1. The summed E-state index contributed by atoms with van der Waals surface area (Å²) in [5, 5.41) is 4.17. The van der Waals surface area contributed by atoms with Gasteiger partial charge in [-0.05, 0) is 31.4 Å². The molecule has 5 nitrogen and oxygen atoms in total. The van der Waals surface area contributed by atoms with Gasteiger partial charge in [0.15, 0.2) is 5.16 Å². The molecule has 1 aliphatic carbocycles. The zero-order valence-corrected chi connectivity index (χ0v) is 11.2. The molecule has 3 rings (SSSR count). The monoisotopic (exact) mass is 266 g/mol. The molecule has 3 N–H and O–H groups in total. The highest BCUT2D eigenvalue weighted by atomic mass is 32.2. The van der Waals surface area contributed by atoms with E-state index in [9.17, 15) is 0 Å². The molecule has 0 amide bonds. The molecule has 2 unspecified atom stereocenters. The lowest BCUT2D eigenvalue weighted by Gasteiger charge is -2.20. The van der Waals surface area contributed by atoms with E-state index in [1.807, 2.05) is 6.26 Å². The minimum Gasteiger partial charge on any atom is -0.383 e. The third kappa shape index (κ3) is 2.54. The van der Waals surface area contributed by atoms with Gasteiger partial charge in [-0.1, -0.05) is 11.8 Å². The normalized spacial score (nSPS) is 27.4. The van der Waals surface area contributed by atoms with Crippen LogP contribution in [0.3, 0.4) is 0 Å². The molecule has 98 valence electrons. The zero-order chi connectivity index (χ0) is 12.5. The van der Waals surface area contributed by atoms with Gasteiger partial charge in [0, 0.05) is 12.7 Å². The van der Waals surface area contributed by atoms with Crippen molar-refractivity contribution >= 4 is 23.4 Å². The fourth-order valence-corrected chi connectivity index (χ4v) is 2.84. The number of anilines is 2. The Labute approximate surface area is 111 Å². The van der Waals surface area contributed by atoms with Crippen LogP contribution in [0.15, 0.2) is 11.2 Å². The summed E-state index contributed by atoms with van der Waals surface area (Å²) in [6.45, 7) is 0.842. The lowest BCUT2D eigenvalue weighted by molar-refractivity contribution is 0.0898. The van der Waals surface area contributed by atoms with Crippen LogP contribution in [0, 0.1) is 5.92 Å². The van der Waals surface area contributed by atoms with Gasteiger partial charge in [0.25, 0.3) is 0 Å². The lowest BCUT2D eigenvalue weighted by atomic mass is 10.1. The molecule has 0 radical (unpaired) electrons. The van der Waals surface area contributed by atoms with Crippen LogP contribution in [0.25, 0.3) is 0 Å². The summed E-state index contributed by atoms with van der Waals surface area (Å²) in [4.78, 5) is 8.59. The summed E-state index contributed by atoms with van der Waals surface area (Å²) >= 11 is 1.50. The fourth-order valence-electron chi connectivity index (χ4n) is 2.45. The quantitative estimate of drug-likeness (QED) is 0.639. The van der Waals surface area contributed by atoms with Crippen LogP contribution in [-0.4, -0.2) is 35.0 Å². The Kier molecular flexibility index (Phi) is 3.30. The smallest absolute Gasteiger partial charge is 0.191 e. The molecule has 1 saturated carbocycles. The molecule has 2 heterocycles. The summed E-state index contributed by atoms with van der Waals surface area (Å²) in [5.41, 5.74) is 5.78. The van der Waals surface area contributed by atoms with E-state index < -0.39 is 0 Å². The third-order valence-corrected chi connectivity index (χ3v) is 4.01. The Bertz CT molecular complexity index is 438. The highest BCUT2D eigenvalue weighted by molar-refractivity contribution is 7.98. The molecular weight excluding hydrogens is 248 g/mol. The Morgan fingerprint density at radius 3 is 2.94 bits per heavy atom. The first-order chi connectivity index (χ1) is 8.76. The van der Waals surface area contributed by atoms with Gasteiger partial charge < -0.3 is 15.8 Å². The van der Waals surface area contributed by atoms with Gasteiger partial charge >= 0.3 is 0 Å². The van der Waals surface area contributed by atoms with Crippen LogP contribution in [0.1, 0.15) is 19.3 Å². The standard InChI is InChI=1S/C12H18N4OS/c1-18-12-15-9(13)6-10(16-12)14-8-4-5-17-11(8)7-2-3-7/h6-8,11H,2-5H2,1H3,(H3,13,14,15,16). The van der Waals surface area contributed by atoms with E-state index in [1.165, 1.54) is 24.6 Å². The van der Waals surface area contributed by atoms with Crippen LogP contribution in [0.4, 0.5) is 11.6 Å². The molecule has 0 spiro atoms. The number of nitrogens with two attached hydrogens (primary N) is 1. The molecule has 1 aromatic heterocycles. The second-order valence-electron chi connectivity index (χ2n) is 4.88. The summed E-state index contributed by atoms with van der Waals surface area (Å²) in [6.07, 6.45) is 5.93. The molecule has 6 heteroatoms. The highest BCUT2D eigenvalue weighted by Crippen LogP contribution is 2.39. The van der Waals surface area contributed by atoms with Crippen LogP contribution in [0.5, 0.6) is 0 Å². The molecular formula is C12H18N4OS. The lowest BCUT2D eigenvalue weighted by Crippen LogP contribution is -2.31. The largest absolute Gasteiger partial charge is 0.383 e. The van der Waals surface area contributed by atoms with Gasteiger partial charge in [0.2, 0.25) is 0 Å². The maximum Gasteiger partial charge on any atom is 0.191 e. The van der Waals surface area contributed by atoms with Crippen molar-refractivity contribution in [3.05, 3.63) is 6.07 Å². The van der Waals surface area contributed by atoms with E-state index in [2.05, 4.69) is 15.3 Å². The first kappa shape index (κ1) is 12.0. The summed E-state index contributed by atoms with van der Waals surface area (Å²) in [5.74, 6) is 2.07. The number of aromatic nitrogens is 2. The van der Waals surface area contributed by atoms with Gasteiger partial charge in [-0.3, -0.25) is 0 Å². The molecule has 1 saturated heterocycles. The average molecular weight is 266 g/mol. The van der Waals surface area contributed by atoms with Crippen LogP contribution in [0.2, 0.25) is 0 Å². The Morgan fingerprint density at radius 1 is 1.39 bits per heavy atom. The second kappa shape index (κ2) is 4.93. The van der Waals surface area contributed by atoms with Crippen molar-refractivity contribution in [2.45, 2.75) is 36.6 Å². The number of ether oxygens (including phenoxy) is 1. The van der Waals surface area contributed by atoms with Gasteiger partial charge in [-0.15, -0.1) is 0 Å². The molecule has 2 aliphatic rings. The molecule has 2 atom stereocenters. The van der Waals surface area contributed by atoms with Crippen LogP contribution >= 0.6 is 11.8 Å². The maximum atomic E-state index is 5.81. The van der Waals surface area contributed by atoms with Crippen molar-refractivity contribution in [3.63, 3.8) is 0 Å². The van der Waals surface area contributed by atoms with Crippen molar-refractivity contribution in [2.75, 3.05) is 23.9 Å². The van der Waals surface area contributed by atoms with Crippen molar-refractivity contribution in [1.29, 1.82) is 0 Å². The van der Waals surface area contributed by atoms with E-state index in [0.29, 0.717) is 23.1 Å². The van der Waals surface area contributed by atoms with E-state index in [1.54, 1.807) is 6.07 Å². The van der Waals surface area contributed by atoms with Gasteiger partial charge in [0.05, 0.1) is 12.1 Å². The topological polar surface area (TPSA) is 73.1 Å². The van der Waals surface area contributed by atoms with Crippen molar-refractivity contribution in [1.82, 2.24) is 9.97 Å². The van der Waals surface area contributed by atoms with Gasteiger partial charge in [0.1, 0.15) is 11.6 Å². The fraction of sp³-hybridized carbons (Fsp3) is 0.667. The minimum atomic E-state index is 0.346. The van der Waals surface area contributed by atoms with Crippen LogP contribution < -0.4 is 11.1 Å². The van der Waals surface area contributed by atoms with Crippen LogP contribution in [-0.2, 0) is 4.74 Å². The van der Waals surface area contributed by atoms with Gasteiger partial charge in [-0.25, -0.2) is 9.97 Å². The first-order valence-electron chi connectivity index (χ1n) is 6.33. The molecule has 2 fully saturated rings. The number of nitrogens with zero attached hydrogens (tertiary/aromatic N) is 2. The SMILES string of the molecule is CSc1nc(N)cc(NC2CCOC2C2CC2)n1. The third-order valence-electron chi connectivity index (χ3n) is 3.46. The Hall–Kier alpha value is -1.01. The molecule has 1 aromatic rings. The number of nitrogen functional groups attached to an aromatic ring is 1. The van der Waals surface area contributed by atoms with Crippen molar-refractivity contribution < 1.29 is 4.74 Å². The predicted molar refractivity (Wildman–Crippen MR) is 72.7 cm³/mol. The van der Waals surface area contributed by atoms with E-state index in [-0.39, 0.29) is 0 Å². The molecule has 0 bridgehead atoms. The number of thioether (sulfide) groups is 1. The average Bonchev–Trinajstić information content (AvgIpc) is 3.10. The number of hydrogen-bond donors (Lipinski definition) is 2. The van der Waals surface area contributed by atoms with Gasteiger partial charge in [-0.2, -0.15) is 0 Å². The van der Waals surface area contributed by atoms with E-state index in [4.69, 9.17) is 10.5 Å². The van der Waals surface area contributed by atoms with E-state index in [0.717, 1.165) is 24.8 Å². The summed E-state index contributed by atoms with van der Waals surface area (Å²) < 4.78 is 5.81. The Balaban J connectivity index is 1.73. The molecule has 18 heavy (non-hydrogen) atoms. The zero-order valence-electron chi connectivity index (χ0n) is 10.4. The summed E-state index contributed by atoms with van der Waals surface area (Å²) in [7, 11) is 0. The first-order valence-corrected chi connectivity index (χ1v) is 7.55. The minimum absolute atomic E-state index is 0.346. The molecule has 0 aromatic carbocycles. The maximum absolute atomic E-state index is 5.81. The van der Waals surface area contributed by atoms with Crippen molar-refractivity contribution in [3.8, 4) is 0 Å². The van der Waals surface area contributed by atoms with Crippen molar-refractivity contribution in [2.24, 2.45) is 5.92 Å². The highest BCUT2D eigenvalue weighted by Gasteiger charge is 2.40. The number of rotatable bonds is 4.